The molecule has 1 amide bonds. The van der Waals surface area contributed by atoms with Crippen LogP contribution in [0, 0.1) is 5.92 Å². The van der Waals surface area contributed by atoms with Gasteiger partial charge >= 0.3 is 0 Å². The van der Waals surface area contributed by atoms with Crippen LogP contribution in [0.5, 0.6) is 0 Å². The molecular formula is C27H25NO. The summed E-state index contributed by atoms with van der Waals surface area (Å²) in [7, 11) is 0. The van der Waals surface area contributed by atoms with Crippen LogP contribution in [-0.2, 0) is 11.8 Å². The minimum atomic E-state index is -0.259. The van der Waals surface area contributed by atoms with Crippen LogP contribution in [0.4, 0.5) is 0 Å². The second-order valence-electron chi connectivity index (χ2n) is 7.60. The summed E-state index contributed by atoms with van der Waals surface area (Å²) in [6, 6.07) is 30.5. The molecule has 1 aliphatic heterocycles. The number of nitrogens with zero attached hydrogens (tertiary/aromatic N) is 1. The van der Waals surface area contributed by atoms with Crippen molar-refractivity contribution in [2.75, 3.05) is 0 Å². The smallest absolute Gasteiger partial charge is 0.261 e. The fourth-order valence-corrected chi connectivity index (χ4v) is 4.05. The van der Waals surface area contributed by atoms with E-state index >= 15 is 0 Å². The molecule has 0 bridgehead atoms. The van der Waals surface area contributed by atoms with Crippen molar-refractivity contribution in [3.05, 3.63) is 132 Å². The van der Waals surface area contributed by atoms with Gasteiger partial charge in [0.15, 0.2) is 0 Å². The molecule has 0 spiro atoms. The van der Waals surface area contributed by atoms with Gasteiger partial charge in [-0.05, 0) is 35.6 Å². The maximum absolute atomic E-state index is 12.8. The Morgan fingerprint density at radius 3 is 1.90 bits per heavy atom. The van der Waals surface area contributed by atoms with Gasteiger partial charge in [0.2, 0.25) is 0 Å². The summed E-state index contributed by atoms with van der Waals surface area (Å²) < 4.78 is 0. The Morgan fingerprint density at radius 1 is 0.793 bits per heavy atom. The van der Waals surface area contributed by atoms with Crippen LogP contribution < -0.4 is 0 Å². The van der Waals surface area contributed by atoms with Gasteiger partial charge < -0.3 is 0 Å². The van der Waals surface area contributed by atoms with Gasteiger partial charge in [-0.3, -0.25) is 9.69 Å². The summed E-state index contributed by atoms with van der Waals surface area (Å²) in [5.41, 5.74) is 2.99. The second kappa shape index (κ2) is 8.32. The topological polar surface area (TPSA) is 20.3 Å². The van der Waals surface area contributed by atoms with Gasteiger partial charge in [-0.2, -0.15) is 0 Å². The zero-order valence-corrected chi connectivity index (χ0v) is 16.6. The lowest BCUT2D eigenvalue weighted by molar-refractivity contribution is 0.0865. The van der Waals surface area contributed by atoms with Crippen molar-refractivity contribution in [1.29, 1.82) is 0 Å². The van der Waals surface area contributed by atoms with E-state index in [0.29, 0.717) is 11.5 Å². The molecule has 0 radical (unpaired) electrons. The van der Waals surface area contributed by atoms with Crippen LogP contribution in [-0.4, -0.2) is 10.8 Å². The molecule has 144 valence electrons. The van der Waals surface area contributed by atoms with Gasteiger partial charge in [0.1, 0.15) is 0 Å². The van der Waals surface area contributed by atoms with Crippen molar-refractivity contribution in [3.63, 3.8) is 0 Å². The Kier molecular flexibility index (Phi) is 5.44. The first-order chi connectivity index (χ1) is 14.2. The minimum absolute atomic E-state index is 0.0181. The van der Waals surface area contributed by atoms with Gasteiger partial charge in [-0.15, -0.1) is 0 Å². The summed E-state index contributed by atoms with van der Waals surface area (Å²) in [4.78, 5) is 14.5. The molecule has 1 atom stereocenters. The lowest BCUT2D eigenvalue weighted by atomic mass is 9.68. The van der Waals surface area contributed by atoms with Crippen molar-refractivity contribution in [2.45, 2.75) is 18.8 Å². The van der Waals surface area contributed by atoms with Crippen molar-refractivity contribution in [3.8, 4) is 0 Å². The number of allylic oxidation sites excluding steroid dienone is 2. The molecule has 3 aromatic rings. The van der Waals surface area contributed by atoms with Crippen molar-refractivity contribution in [2.24, 2.45) is 5.92 Å². The van der Waals surface area contributed by atoms with Crippen LogP contribution in [0.3, 0.4) is 0 Å². The van der Waals surface area contributed by atoms with Crippen LogP contribution in [0.15, 0.2) is 116 Å². The summed E-state index contributed by atoms with van der Waals surface area (Å²) in [6.45, 7) is 2.28. The highest BCUT2D eigenvalue weighted by Crippen LogP contribution is 2.39. The van der Waals surface area contributed by atoms with E-state index in [4.69, 9.17) is 0 Å². The molecule has 0 fully saturated rings. The summed E-state index contributed by atoms with van der Waals surface area (Å²) in [5.74, 6) is 0.309. The van der Waals surface area contributed by atoms with Gasteiger partial charge in [0.05, 0.1) is 0 Å². The van der Waals surface area contributed by atoms with E-state index < -0.39 is 0 Å². The van der Waals surface area contributed by atoms with E-state index in [-0.39, 0.29) is 11.3 Å². The number of carbonyl (C=O) groups is 1. The highest BCUT2D eigenvalue weighted by molar-refractivity contribution is 5.95. The molecule has 1 heterocycles. The predicted molar refractivity (Wildman–Crippen MR) is 118 cm³/mol. The predicted octanol–water partition coefficient (Wildman–Crippen LogP) is 5.99. The first kappa shape index (κ1) is 18.9. The van der Waals surface area contributed by atoms with Crippen LogP contribution in [0.25, 0.3) is 0 Å². The monoisotopic (exact) mass is 379 g/mol. The van der Waals surface area contributed by atoms with Crippen LogP contribution in [0.2, 0.25) is 0 Å². The van der Waals surface area contributed by atoms with Crippen LogP contribution in [0.1, 0.15) is 28.4 Å². The zero-order valence-electron chi connectivity index (χ0n) is 16.6. The van der Waals surface area contributed by atoms with E-state index in [0.717, 1.165) is 6.42 Å². The molecule has 1 aliphatic rings. The Labute approximate surface area is 172 Å². The Balaban J connectivity index is 1.65. The van der Waals surface area contributed by atoms with Crippen molar-refractivity contribution >= 4 is 5.91 Å². The molecule has 0 saturated heterocycles. The highest BCUT2D eigenvalue weighted by atomic mass is 16.2. The van der Waals surface area contributed by atoms with Crippen LogP contribution >= 0.6 is 0 Å². The number of benzene rings is 3. The number of carbonyl (C=O) groups excluding carboxylic acids is 1. The molecule has 0 unspecified atom stereocenters. The first-order valence-corrected chi connectivity index (χ1v) is 10.0. The molecule has 0 aliphatic carbocycles. The van der Waals surface area contributed by atoms with Crippen molar-refractivity contribution in [1.82, 2.24) is 4.90 Å². The lowest BCUT2D eigenvalue weighted by Gasteiger charge is -2.38. The molecule has 3 aromatic carbocycles. The Hall–Kier alpha value is -3.39. The third-order valence-corrected chi connectivity index (χ3v) is 5.75. The third kappa shape index (κ3) is 3.93. The lowest BCUT2D eigenvalue weighted by Crippen LogP contribution is -2.35. The van der Waals surface area contributed by atoms with Crippen molar-refractivity contribution < 1.29 is 4.79 Å². The van der Waals surface area contributed by atoms with E-state index in [1.807, 2.05) is 48.8 Å². The van der Waals surface area contributed by atoms with E-state index in [1.165, 1.54) is 11.1 Å². The van der Waals surface area contributed by atoms with E-state index in [9.17, 15) is 4.79 Å². The van der Waals surface area contributed by atoms with Gasteiger partial charge in [-0.1, -0.05) is 97.9 Å². The minimum Gasteiger partial charge on any atom is -0.291 e. The Bertz CT molecular complexity index is 992. The summed E-state index contributed by atoms with van der Waals surface area (Å²) >= 11 is 0. The van der Waals surface area contributed by atoms with Gasteiger partial charge in [-0.25, -0.2) is 0 Å². The number of amides is 1. The first-order valence-electron chi connectivity index (χ1n) is 10.0. The second-order valence-corrected chi connectivity index (χ2v) is 7.60. The number of hydrogen-bond donors (Lipinski definition) is 0. The standard InChI is InChI=1S/C27H25NO/c1-22(21-23-11-5-2-6-12-23)27(25-15-9-4-10-16-25)17-19-28(20-18-27)26(29)24-13-7-3-8-14-24/h2-20,22H,21H2,1H3/t22-/m0/s1. The normalized spacial score (nSPS) is 15.8. The Morgan fingerprint density at radius 2 is 1.31 bits per heavy atom. The van der Waals surface area contributed by atoms with E-state index in [2.05, 4.69) is 73.7 Å². The molecular weight excluding hydrogens is 354 g/mol. The highest BCUT2D eigenvalue weighted by Gasteiger charge is 2.35. The third-order valence-electron chi connectivity index (χ3n) is 5.75. The molecule has 2 nitrogen and oxygen atoms in total. The van der Waals surface area contributed by atoms with Gasteiger partial charge in [0.25, 0.3) is 5.91 Å². The largest absolute Gasteiger partial charge is 0.291 e. The maximum Gasteiger partial charge on any atom is 0.261 e. The molecule has 4 rings (SSSR count). The molecule has 29 heavy (non-hydrogen) atoms. The van der Waals surface area contributed by atoms with E-state index in [1.54, 1.807) is 4.90 Å². The number of hydrogen-bond acceptors (Lipinski definition) is 1. The fraction of sp³-hybridized carbons (Fsp3) is 0.148. The average Bonchev–Trinajstić information content (AvgIpc) is 2.80. The SMILES string of the molecule is C[C@@H](Cc1ccccc1)C1(c2ccccc2)C=CN(C(=O)c2ccccc2)C=C1. The summed E-state index contributed by atoms with van der Waals surface area (Å²) in [6.07, 6.45) is 9.15. The molecule has 0 N–H and O–H groups in total. The zero-order chi connectivity index (χ0) is 20.1. The summed E-state index contributed by atoms with van der Waals surface area (Å²) in [5, 5.41) is 0. The quantitative estimate of drug-likeness (QED) is 0.533. The molecule has 0 saturated carbocycles. The number of rotatable bonds is 5. The molecule has 2 heteroatoms. The molecule has 0 aromatic heterocycles. The maximum atomic E-state index is 12.8. The fourth-order valence-electron chi connectivity index (χ4n) is 4.05. The van der Waals surface area contributed by atoms with Gasteiger partial charge in [0, 0.05) is 23.4 Å². The average molecular weight is 380 g/mol.